The van der Waals surface area contributed by atoms with Crippen LogP contribution in [0.2, 0.25) is 0 Å². The number of benzene rings is 1. The number of hydrogen-bond acceptors (Lipinski definition) is 4. The molecule has 0 bridgehead atoms. The lowest BCUT2D eigenvalue weighted by atomic mass is 9.42. The summed E-state index contributed by atoms with van der Waals surface area (Å²) in [5, 5.41) is 0. The summed E-state index contributed by atoms with van der Waals surface area (Å²) in [6.45, 7) is 7.72. The van der Waals surface area contributed by atoms with Crippen molar-refractivity contribution in [3.05, 3.63) is 30.3 Å². The molecule has 5 heteroatoms. The van der Waals surface area contributed by atoms with Gasteiger partial charge in [-0.25, -0.2) is 4.90 Å². The molecule has 2 saturated heterocycles. The topological polar surface area (TPSA) is 54.5 Å². The van der Waals surface area contributed by atoms with Crippen molar-refractivity contribution in [3.8, 4) is 0 Å². The molecule has 2 amide bonds. The fraction of sp³-hybridized carbons (Fsp3) is 0.526. The third-order valence-corrected chi connectivity index (χ3v) is 8.62. The van der Waals surface area contributed by atoms with Crippen LogP contribution in [0.5, 0.6) is 0 Å². The molecule has 1 saturated carbocycles. The van der Waals surface area contributed by atoms with Gasteiger partial charge in [-0.2, -0.15) is 11.8 Å². The number of nitrogens with zero attached hydrogens (tertiary/aromatic N) is 1. The van der Waals surface area contributed by atoms with Crippen LogP contribution >= 0.6 is 11.8 Å². The highest BCUT2D eigenvalue weighted by Gasteiger charge is 2.81. The highest BCUT2D eigenvalue weighted by molar-refractivity contribution is 8.01. The lowest BCUT2D eigenvalue weighted by Gasteiger charge is -2.65. The van der Waals surface area contributed by atoms with Crippen molar-refractivity contribution in [3.63, 3.8) is 0 Å². The van der Waals surface area contributed by atoms with E-state index >= 15 is 0 Å². The average Bonchev–Trinajstić information content (AvgIpc) is 3.07. The van der Waals surface area contributed by atoms with Crippen LogP contribution in [0.15, 0.2) is 30.3 Å². The third kappa shape index (κ3) is 1.46. The number of imide groups is 1. The minimum Gasteiger partial charge on any atom is -0.298 e. The van der Waals surface area contributed by atoms with Gasteiger partial charge in [-0.3, -0.25) is 14.4 Å². The molecule has 0 unspecified atom stereocenters. The van der Waals surface area contributed by atoms with E-state index in [0.717, 1.165) is 0 Å². The summed E-state index contributed by atoms with van der Waals surface area (Å²) < 4.78 is -0.502. The SMILES string of the molecule is CC1(C)C(=O)C(C)(C)C12SC[C@@H]1C(=O)N(c3ccccc3)C(=O)[C@H]12. The summed E-state index contributed by atoms with van der Waals surface area (Å²) in [6.07, 6.45) is 0. The first kappa shape index (κ1) is 15.9. The summed E-state index contributed by atoms with van der Waals surface area (Å²) in [5.74, 6) is -0.214. The molecule has 24 heavy (non-hydrogen) atoms. The Labute approximate surface area is 146 Å². The van der Waals surface area contributed by atoms with Gasteiger partial charge in [0.25, 0.3) is 0 Å². The van der Waals surface area contributed by atoms with E-state index in [0.29, 0.717) is 11.4 Å². The Morgan fingerprint density at radius 2 is 1.54 bits per heavy atom. The molecule has 126 valence electrons. The van der Waals surface area contributed by atoms with Crippen molar-refractivity contribution in [2.45, 2.75) is 32.4 Å². The smallest absolute Gasteiger partial charge is 0.239 e. The van der Waals surface area contributed by atoms with Crippen LogP contribution in [0, 0.1) is 22.7 Å². The predicted molar refractivity (Wildman–Crippen MR) is 93.7 cm³/mol. The lowest BCUT2D eigenvalue weighted by Crippen LogP contribution is -2.75. The molecule has 1 aromatic carbocycles. The Balaban J connectivity index is 1.82. The number of thioether (sulfide) groups is 1. The predicted octanol–water partition coefficient (Wildman–Crippen LogP) is 2.91. The number of Topliss-reactive ketones (excluding diaryl/α,β-unsaturated/α-hetero) is 1. The van der Waals surface area contributed by atoms with E-state index in [4.69, 9.17) is 0 Å². The Bertz CT molecular complexity index is 750. The molecule has 1 spiro atoms. The van der Waals surface area contributed by atoms with Crippen LogP contribution in [0.25, 0.3) is 0 Å². The molecule has 4 rings (SSSR count). The number of fused-ring (bicyclic) bond motifs is 2. The maximum atomic E-state index is 13.3. The van der Waals surface area contributed by atoms with Crippen molar-refractivity contribution in [1.29, 1.82) is 0 Å². The van der Waals surface area contributed by atoms with Crippen molar-refractivity contribution in [2.24, 2.45) is 22.7 Å². The number of amides is 2. The van der Waals surface area contributed by atoms with Gasteiger partial charge in [0, 0.05) is 16.6 Å². The number of hydrogen-bond donors (Lipinski definition) is 0. The van der Waals surface area contributed by atoms with Gasteiger partial charge in [-0.05, 0) is 12.1 Å². The Hall–Kier alpha value is -1.62. The fourth-order valence-electron chi connectivity index (χ4n) is 5.47. The molecule has 2 heterocycles. The zero-order valence-corrected chi connectivity index (χ0v) is 15.1. The summed E-state index contributed by atoms with van der Waals surface area (Å²) >= 11 is 1.66. The van der Waals surface area contributed by atoms with E-state index in [-0.39, 0.29) is 23.5 Å². The van der Waals surface area contributed by atoms with Crippen LogP contribution < -0.4 is 4.90 Å². The van der Waals surface area contributed by atoms with Crippen LogP contribution in [0.3, 0.4) is 0 Å². The second-order valence-electron chi connectivity index (χ2n) is 8.06. The second-order valence-corrected chi connectivity index (χ2v) is 9.32. The maximum Gasteiger partial charge on any atom is 0.239 e. The highest BCUT2D eigenvalue weighted by Crippen LogP contribution is 2.74. The zero-order valence-electron chi connectivity index (χ0n) is 14.3. The molecule has 4 nitrogen and oxygen atoms in total. The van der Waals surface area contributed by atoms with Gasteiger partial charge >= 0.3 is 0 Å². The molecule has 3 fully saturated rings. The van der Waals surface area contributed by atoms with E-state index in [1.54, 1.807) is 23.9 Å². The molecule has 0 aromatic heterocycles. The Morgan fingerprint density at radius 3 is 2.12 bits per heavy atom. The minimum atomic E-state index is -0.594. The van der Waals surface area contributed by atoms with Gasteiger partial charge < -0.3 is 0 Å². The standard InChI is InChI=1S/C19H21NO3S/c1-17(2)16(23)18(3,4)19(17)13-12(10-24-19)14(21)20(15(13)22)11-8-6-5-7-9-11/h5-9,12-13H,10H2,1-4H3/t12-,13-/m0/s1. The first-order chi connectivity index (χ1) is 11.2. The van der Waals surface area contributed by atoms with Crippen molar-refractivity contribution in [2.75, 3.05) is 10.7 Å². The number of para-hydroxylation sites is 1. The highest BCUT2D eigenvalue weighted by atomic mass is 32.2. The molecule has 0 radical (unpaired) electrons. The average molecular weight is 343 g/mol. The van der Waals surface area contributed by atoms with Gasteiger partial charge in [-0.1, -0.05) is 45.9 Å². The maximum absolute atomic E-state index is 13.3. The molecule has 1 aliphatic carbocycles. The van der Waals surface area contributed by atoms with E-state index < -0.39 is 21.5 Å². The molecule has 2 atom stereocenters. The fourth-order valence-corrected chi connectivity index (χ4v) is 7.60. The normalized spacial score (nSPS) is 32.2. The van der Waals surface area contributed by atoms with Gasteiger partial charge in [-0.15, -0.1) is 0 Å². The lowest BCUT2D eigenvalue weighted by molar-refractivity contribution is -0.166. The van der Waals surface area contributed by atoms with Gasteiger partial charge in [0.1, 0.15) is 5.78 Å². The van der Waals surface area contributed by atoms with Gasteiger partial charge in [0.05, 0.1) is 22.3 Å². The van der Waals surface area contributed by atoms with Crippen molar-refractivity contribution < 1.29 is 14.4 Å². The largest absolute Gasteiger partial charge is 0.298 e. The monoisotopic (exact) mass is 343 g/mol. The Kier molecular flexibility index (Phi) is 2.98. The number of carbonyl (C=O) groups is 3. The number of rotatable bonds is 1. The number of anilines is 1. The van der Waals surface area contributed by atoms with Crippen LogP contribution in [-0.4, -0.2) is 28.1 Å². The van der Waals surface area contributed by atoms with Crippen LogP contribution in [-0.2, 0) is 14.4 Å². The van der Waals surface area contributed by atoms with Crippen LogP contribution in [0.4, 0.5) is 5.69 Å². The Morgan fingerprint density at radius 1 is 0.958 bits per heavy atom. The summed E-state index contributed by atoms with van der Waals surface area (Å²) in [6, 6.07) is 9.10. The zero-order chi connectivity index (χ0) is 17.5. The van der Waals surface area contributed by atoms with E-state index in [9.17, 15) is 14.4 Å². The van der Waals surface area contributed by atoms with Crippen molar-refractivity contribution >= 4 is 35.0 Å². The molecule has 1 aromatic rings. The first-order valence-electron chi connectivity index (χ1n) is 8.29. The van der Waals surface area contributed by atoms with Gasteiger partial charge in [0.2, 0.25) is 11.8 Å². The van der Waals surface area contributed by atoms with Gasteiger partial charge in [0.15, 0.2) is 0 Å². The minimum absolute atomic E-state index is 0.119. The van der Waals surface area contributed by atoms with E-state index in [2.05, 4.69) is 0 Å². The number of carbonyl (C=O) groups excluding carboxylic acids is 3. The molecular weight excluding hydrogens is 322 g/mol. The molecule has 3 aliphatic rings. The van der Waals surface area contributed by atoms with Crippen molar-refractivity contribution in [1.82, 2.24) is 0 Å². The quantitative estimate of drug-likeness (QED) is 0.736. The number of ketones is 1. The van der Waals surface area contributed by atoms with E-state index in [1.165, 1.54) is 4.90 Å². The van der Waals surface area contributed by atoms with E-state index in [1.807, 2.05) is 45.9 Å². The molecular formula is C19H21NO3S. The molecule has 2 aliphatic heterocycles. The summed E-state index contributed by atoms with van der Waals surface area (Å²) in [5.41, 5.74) is -0.560. The summed E-state index contributed by atoms with van der Waals surface area (Å²) in [4.78, 5) is 40.2. The second kappa shape index (κ2) is 4.51. The first-order valence-corrected chi connectivity index (χ1v) is 9.28. The molecule has 0 N–H and O–H groups in total. The summed E-state index contributed by atoms with van der Waals surface area (Å²) in [7, 11) is 0. The third-order valence-electron chi connectivity index (χ3n) is 6.36. The van der Waals surface area contributed by atoms with Crippen LogP contribution in [0.1, 0.15) is 27.7 Å².